The van der Waals surface area contributed by atoms with Gasteiger partial charge in [-0.1, -0.05) is 23.7 Å². The summed E-state index contributed by atoms with van der Waals surface area (Å²) in [5.74, 6) is -0.260. The van der Waals surface area contributed by atoms with Crippen molar-refractivity contribution in [3.8, 4) is 17.2 Å². The molecule has 138 valence electrons. The van der Waals surface area contributed by atoms with E-state index in [4.69, 9.17) is 31.5 Å². The molecule has 0 bridgehead atoms. The number of amides is 2. The predicted octanol–water partition coefficient (Wildman–Crippen LogP) is 2.15. The van der Waals surface area contributed by atoms with Gasteiger partial charge in [0.1, 0.15) is 0 Å². The van der Waals surface area contributed by atoms with E-state index in [1.807, 2.05) is 12.1 Å². The van der Waals surface area contributed by atoms with Crippen molar-refractivity contribution in [2.75, 3.05) is 20.8 Å². The predicted molar refractivity (Wildman–Crippen MR) is 96.9 cm³/mol. The van der Waals surface area contributed by atoms with Crippen LogP contribution < -0.4 is 25.3 Å². The van der Waals surface area contributed by atoms with Gasteiger partial charge in [0.05, 0.1) is 14.2 Å². The first-order valence-corrected chi connectivity index (χ1v) is 8.02. The number of rotatable bonds is 8. The fourth-order valence-corrected chi connectivity index (χ4v) is 2.31. The van der Waals surface area contributed by atoms with E-state index in [1.165, 1.54) is 26.4 Å². The summed E-state index contributed by atoms with van der Waals surface area (Å²) in [5, 5.41) is 3.42. The summed E-state index contributed by atoms with van der Waals surface area (Å²) in [7, 11) is 2.84. The summed E-state index contributed by atoms with van der Waals surface area (Å²) in [4.78, 5) is 23.4. The maximum Gasteiger partial charge on any atom is 0.255 e. The van der Waals surface area contributed by atoms with Crippen LogP contribution in [0.2, 0.25) is 5.02 Å². The molecular weight excluding hydrogens is 360 g/mol. The van der Waals surface area contributed by atoms with Crippen molar-refractivity contribution in [1.29, 1.82) is 0 Å². The van der Waals surface area contributed by atoms with Crippen LogP contribution in [-0.2, 0) is 11.3 Å². The zero-order chi connectivity index (χ0) is 19.1. The first-order chi connectivity index (χ1) is 12.4. The Hall–Kier alpha value is -2.93. The fraction of sp³-hybridized carbons (Fsp3) is 0.222. The summed E-state index contributed by atoms with van der Waals surface area (Å²) >= 11 is 5.84. The van der Waals surface area contributed by atoms with Crippen molar-refractivity contribution in [2.45, 2.75) is 6.54 Å². The highest BCUT2D eigenvalue weighted by Gasteiger charge is 2.18. The standard InChI is InChI=1S/C18H19ClN2O5/c1-24-14-7-12(8-15(25-2)17(14)26-10-16(20)22)18(23)21-9-11-3-5-13(19)6-4-11/h3-8H,9-10H2,1-2H3,(H2,20,22)(H,21,23). The Labute approximate surface area is 156 Å². The van der Waals surface area contributed by atoms with Crippen LogP contribution in [0.3, 0.4) is 0 Å². The Kier molecular flexibility index (Phi) is 6.68. The number of hydrogen-bond donors (Lipinski definition) is 2. The van der Waals surface area contributed by atoms with Crippen LogP contribution in [-0.4, -0.2) is 32.6 Å². The van der Waals surface area contributed by atoms with Crippen molar-refractivity contribution in [2.24, 2.45) is 5.73 Å². The van der Waals surface area contributed by atoms with E-state index in [2.05, 4.69) is 5.32 Å². The summed E-state index contributed by atoms with van der Waals surface area (Å²) in [6.07, 6.45) is 0. The van der Waals surface area contributed by atoms with E-state index in [-0.39, 0.29) is 29.8 Å². The molecule has 0 saturated heterocycles. The summed E-state index contributed by atoms with van der Waals surface area (Å²) < 4.78 is 15.8. The van der Waals surface area contributed by atoms with Crippen LogP contribution in [0.15, 0.2) is 36.4 Å². The lowest BCUT2D eigenvalue weighted by Crippen LogP contribution is -2.23. The van der Waals surface area contributed by atoms with E-state index >= 15 is 0 Å². The van der Waals surface area contributed by atoms with E-state index in [0.717, 1.165) is 5.56 Å². The van der Waals surface area contributed by atoms with Gasteiger partial charge in [0.15, 0.2) is 18.1 Å². The van der Waals surface area contributed by atoms with E-state index in [9.17, 15) is 9.59 Å². The Morgan fingerprint density at radius 2 is 1.65 bits per heavy atom. The summed E-state index contributed by atoms with van der Waals surface area (Å²) in [6.45, 7) is -0.00457. The molecule has 0 heterocycles. The molecule has 2 amide bonds. The molecule has 0 unspecified atom stereocenters. The molecule has 0 fully saturated rings. The first kappa shape index (κ1) is 19.4. The van der Waals surface area contributed by atoms with Crippen molar-refractivity contribution in [3.05, 3.63) is 52.5 Å². The van der Waals surface area contributed by atoms with E-state index < -0.39 is 5.91 Å². The number of benzene rings is 2. The number of halogens is 1. The number of carbonyl (C=O) groups excluding carboxylic acids is 2. The SMILES string of the molecule is COc1cc(C(=O)NCc2ccc(Cl)cc2)cc(OC)c1OCC(N)=O. The Morgan fingerprint density at radius 1 is 1.08 bits per heavy atom. The van der Waals surface area contributed by atoms with Crippen LogP contribution in [0, 0.1) is 0 Å². The molecule has 3 N–H and O–H groups in total. The van der Waals surface area contributed by atoms with E-state index in [1.54, 1.807) is 12.1 Å². The van der Waals surface area contributed by atoms with Gasteiger partial charge in [-0.25, -0.2) is 0 Å². The molecule has 0 aliphatic carbocycles. The average molecular weight is 379 g/mol. The topological polar surface area (TPSA) is 99.9 Å². The number of carbonyl (C=O) groups is 2. The molecule has 0 aliphatic rings. The van der Waals surface area contributed by atoms with Gasteiger partial charge in [0.2, 0.25) is 5.75 Å². The minimum atomic E-state index is -0.640. The Morgan fingerprint density at radius 3 is 2.15 bits per heavy atom. The number of nitrogens with one attached hydrogen (secondary N) is 1. The summed E-state index contributed by atoms with van der Waals surface area (Å²) in [5.41, 5.74) is 6.31. The molecule has 0 atom stereocenters. The molecule has 0 spiro atoms. The quantitative estimate of drug-likeness (QED) is 0.733. The molecule has 2 aromatic rings. The minimum absolute atomic E-state index is 0.197. The number of hydrogen-bond acceptors (Lipinski definition) is 5. The maximum absolute atomic E-state index is 12.4. The van der Waals surface area contributed by atoms with Gasteiger partial charge in [-0.3, -0.25) is 9.59 Å². The number of primary amides is 1. The second kappa shape index (κ2) is 8.96. The van der Waals surface area contributed by atoms with Gasteiger partial charge < -0.3 is 25.3 Å². The monoisotopic (exact) mass is 378 g/mol. The third-order valence-corrected chi connectivity index (χ3v) is 3.70. The molecule has 2 rings (SSSR count). The lowest BCUT2D eigenvalue weighted by atomic mass is 10.1. The zero-order valence-electron chi connectivity index (χ0n) is 14.4. The molecule has 0 aromatic heterocycles. The highest BCUT2D eigenvalue weighted by molar-refractivity contribution is 6.30. The molecule has 0 radical (unpaired) electrons. The van der Waals surface area contributed by atoms with Gasteiger partial charge in [-0.2, -0.15) is 0 Å². The first-order valence-electron chi connectivity index (χ1n) is 7.64. The number of methoxy groups -OCH3 is 2. The number of nitrogens with two attached hydrogens (primary N) is 1. The van der Waals surface area contributed by atoms with Gasteiger partial charge in [-0.05, 0) is 29.8 Å². The lowest BCUT2D eigenvalue weighted by Gasteiger charge is -2.15. The highest BCUT2D eigenvalue weighted by atomic mass is 35.5. The molecule has 0 saturated carbocycles. The fourth-order valence-electron chi connectivity index (χ4n) is 2.18. The number of ether oxygens (including phenoxy) is 3. The van der Waals surface area contributed by atoms with Crippen molar-refractivity contribution in [1.82, 2.24) is 5.32 Å². The largest absolute Gasteiger partial charge is 0.493 e. The van der Waals surface area contributed by atoms with Gasteiger partial charge in [-0.15, -0.1) is 0 Å². The maximum atomic E-state index is 12.4. The normalized spacial score (nSPS) is 10.1. The van der Waals surface area contributed by atoms with Gasteiger partial charge in [0, 0.05) is 17.1 Å². The molecule has 2 aromatic carbocycles. The lowest BCUT2D eigenvalue weighted by molar-refractivity contribution is -0.120. The molecule has 8 heteroatoms. The third kappa shape index (κ3) is 5.03. The Bertz CT molecular complexity index is 768. The highest BCUT2D eigenvalue weighted by Crippen LogP contribution is 2.38. The molecule has 26 heavy (non-hydrogen) atoms. The third-order valence-electron chi connectivity index (χ3n) is 3.45. The van der Waals surface area contributed by atoms with Crippen LogP contribution in [0.25, 0.3) is 0 Å². The average Bonchev–Trinajstić information content (AvgIpc) is 2.64. The van der Waals surface area contributed by atoms with Crippen molar-refractivity contribution >= 4 is 23.4 Å². The zero-order valence-corrected chi connectivity index (χ0v) is 15.1. The summed E-state index contributed by atoms with van der Waals surface area (Å²) in [6, 6.07) is 10.1. The molecule has 7 nitrogen and oxygen atoms in total. The van der Waals surface area contributed by atoms with Crippen LogP contribution in [0.1, 0.15) is 15.9 Å². The van der Waals surface area contributed by atoms with Gasteiger partial charge in [0.25, 0.3) is 11.8 Å². The Balaban J connectivity index is 2.18. The molecule has 0 aliphatic heterocycles. The van der Waals surface area contributed by atoms with Gasteiger partial charge >= 0.3 is 0 Å². The van der Waals surface area contributed by atoms with Crippen molar-refractivity contribution in [3.63, 3.8) is 0 Å². The van der Waals surface area contributed by atoms with E-state index in [0.29, 0.717) is 17.1 Å². The van der Waals surface area contributed by atoms with Crippen LogP contribution in [0.4, 0.5) is 0 Å². The van der Waals surface area contributed by atoms with Crippen LogP contribution >= 0.6 is 11.6 Å². The second-order valence-corrected chi connectivity index (χ2v) is 5.71. The van der Waals surface area contributed by atoms with Crippen molar-refractivity contribution < 1.29 is 23.8 Å². The van der Waals surface area contributed by atoms with Crippen LogP contribution in [0.5, 0.6) is 17.2 Å². The smallest absolute Gasteiger partial charge is 0.255 e. The minimum Gasteiger partial charge on any atom is -0.493 e. The second-order valence-electron chi connectivity index (χ2n) is 5.27. The molecular formula is C18H19ClN2O5.